The van der Waals surface area contributed by atoms with Crippen LogP contribution >= 0.6 is 11.6 Å². The van der Waals surface area contributed by atoms with Gasteiger partial charge in [-0.2, -0.15) is 0 Å². The molecule has 1 aliphatic carbocycles. The summed E-state index contributed by atoms with van der Waals surface area (Å²) in [6.07, 6.45) is 1.33. The van der Waals surface area contributed by atoms with Crippen molar-refractivity contribution in [2.75, 3.05) is 0 Å². The number of hydrogen-bond donors (Lipinski definition) is 1. The molecule has 1 saturated carbocycles. The Kier molecular flexibility index (Phi) is 2.80. The molecule has 1 aromatic rings. The Hall–Kier alpha value is -0.530. The number of rotatable bonds is 3. The van der Waals surface area contributed by atoms with Gasteiger partial charge in [0.2, 0.25) is 0 Å². The van der Waals surface area contributed by atoms with Gasteiger partial charge in [0.1, 0.15) is 0 Å². The van der Waals surface area contributed by atoms with E-state index in [4.69, 9.17) is 11.6 Å². The Balaban J connectivity index is 1.92. The Morgan fingerprint density at radius 1 is 1.50 bits per heavy atom. The van der Waals surface area contributed by atoms with Crippen LogP contribution in [0.5, 0.6) is 0 Å². The van der Waals surface area contributed by atoms with E-state index in [0.29, 0.717) is 0 Å². The molecule has 0 aromatic heterocycles. The van der Waals surface area contributed by atoms with E-state index in [0.717, 1.165) is 29.1 Å². The molecule has 2 heteroatoms. The number of halogens is 1. The van der Waals surface area contributed by atoms with Crippen molar-refractivity contribution in [2.24, 2.45) is 5.92 Å². The maximum absolute atomic E-state index is 5.96. The first kappa shape index (κ1) is 10.0. The second-order valence-electron chi connectivity index (χ2n) is 4.28. The van der Waals surface area contributed by atoms with Crippen molar-refractivity contribution in [3.05, 3.63) is 34.3 Å². The Morgan fingerprint density at radius 3 is 2.79 bits per heavy atom. The van der Waals surface area contributed by atoms with Gasteiger partial charge in [-0.05, 0) is 36.5 Å². The van der Waals surface area contributed by atoms with Crippen LogP contribution in [0.4, 0.5) is 0 Å². The maximum Gasteiger partial charge on any atom is 0.0435 e. The van der Waals surface area contributed by atoms with E-state index < -0.39 is 0 Å². The third-order valence-corrected chi connectivity index (χ3v) is 3.32. The Labute approximate surface area is 90.5 Å². The number of aryl methyl sites for hydroxylation is 1. The van der Waals surface area contributed by atoms with Gasteiger partial charge in [0.25, 0.3) is 0 Å². The van der Waals surface area contributed by atoms with Gasteiger partial charge in [-0.15, -0.1) is 0 Å². The fraction of sp³-hybridized carbons (Fsp3) is 0.500. The van der Waals surface area contributed by atoms with Gasteiger partial charge >= 0.3 is 0 Å². The normalized spacial score (nSPS) is 25.1. The number of nitrogens with one attached hydrogen (secondary N) is 1. The zero-order chi connectivity index (χ0) is 10.1. The molecule has 0 saturated heterocycles. The van der Waals surface area contributed by atoms with Gasteiger partial charge in [0, 0.05) is 17.6 Å². The molecule has 0 amide bonds. The SMILES string of the molecule is Cc1cc(CN[C@@H]2C[C@H]2C)ccc1Cl. The predicted octanol–water partition coefficient (Wildman–Crippen LogP) is 3.15. The second kappa shape index (κ2) is 3.92. The lowest BCUT2D eigenvalue weighted by Gasteiger charge is -2.05. The second-order valence-corrected chi connectivity index (χ2v) is 4.69. The molecule has 2 atom stereocenters. The fourth-order valence-electron chi connectivity index (χ4n) is 1.67. The van der Waals surface area contributed by atoms with E-state index in [-0.39, 0.29) is 0 Å². The molecule has 0 spiro atoms. The first-order valence-corrected chi connectivity index (χ1v) is 5.53. The number of hydrogen-bond acceptors (Lipinski definition) is 1. The minimum absolute atomic E-state index is 0.742. The summed E-state index contributed by atoms with van der Waals surface area (Å²) >= 11 is 5.96. The highest BCUT2D eigenvalue weighted by Crippen LogP contribution is 2.29. The first-order chi connectivity index (χ1) is 6.66. The molecule has 1 aromatic carbocycles. The average Bonchev–Trinajstić information content (AvgIpc) is 2.85. The highest BCUT2D eigenvalue weighted by Gasteiger charge is 2.31. The summed E-state index contributed by atoms with van der Waals surface area (Å²) in [7, 11) is 0. The zero-order valence-electron chi connectivity index (χ0n) is 8.68. The largest absolute Gasteiger partial charge is 0.310 e. The van der Waals surface area contributed by atoms with Crippen LogP contribution in [0.3, 0.4) is 0 Å². The highest BCUT2D eigenvalue weighted by atomic mass is 35.5. The average molecular weight is 210 g/mol. The third-order valence-electron chi connectivity index (χ3n) is 2.90. The minimum Gasteiger partial charge on any atom is -0.310 e. The summed E-state index contributed by atoms with van der Waals surface area (Å²) in [6, 6.07) is 6.97. The molecule has 2 rings (SSSR count). The summed E-state index contributed by atoms with van der Waals surface area (Å²) in [5.41, 5.74) is 2.49. The van der Waals surface area contributed by atoms with Crippen molar-refractivity contribution in [1.29, 1.82) is 0 Å². The van der Waals surface area contributed by atoms with E-state index in [1.54, 1.807) is 0 Å². The van der Waals surface area contributed by atoms with Gasteiger partial charge in [0.15, 0.2) is 0 Å². The maximum atomic E-state index is 5.96. The van der Waals surface area contributed by atoms with Crippen LogP contribution in [0.1, 0.15) is 24.5 Å². The zero-order valence-corrected chi connectivity index (χ0v) is 9.43. The molecule has 1 nitrogen and oxygen atoms in total. The van der Waals surface area contributed by atoms with Crippen LogP contribution in [0, 0.1) is 12.8 Å². The van der Waals surface area contributed by atoms with Gasteiger partial charge in [-0.25, -0.2) is 0 Å². The topological polar surface area (TPSA) is 12.0 Å². The van der Waals surface area contributed by atoms with Crippen LogP contribution in [0.25, 0.3) is 0 Å². The summed E-state index contributed by atoms with van der Waals surface area (Å²) < 4.78 is 0. The lowest BCUT2D eigenvalue weighted by molar-refractivity contribution is 0.652. The smallest absolute Gasteiger partial charge is 0.0435 e. The molecular weight excluding hydrogens is 194 g/mol. The molecule has 14 heavy (non-hydrogen) atoms. The van der Waals surface area contributed by atoms with E-state index in [1.807, 2.05) is 13.0 Å². The van der Waals surface area contributed by atoms with E-state index in [1.165, 1.54) is 12.0 Å². The highest BCUT2D eigenvalue weighted by molar-refractivity contribution is 6.31. The van der Waals surface area contributed by atoms with Crippen molar-refractivity contribution in [3.8, 4) is 0 Å². The quantitative estimate of drug-likeness (QED) is 0.807. The monoisotopic (exact) mass is 209 g/mol. The van der Waals surface area contributed by atoms with Crippen molar-refractivity contribution >= 4 is 11.6 Å². The van der Waals surface area contributed by atoms with Crippen molar-refractivity contribution < 1.29 is 0 Å². The molecule has 1 aliphatic rings. The van der Waals surface area contributed by atoms with Crippen LogP contribution in [0.2, 0.25) is 5.02 Å². The molecular formula is C12H16ClN. The molecule has 1 fully saturated rings. The summed E-state index contributed by atoms with van der Waals surface area (Å²) in [4.78, 5) is 0. The Bertz CT molecular complexity index is 335. The van der Waals surface area contributed by atoms with Crippen molar-refractivity contribution in [2.45, 2.75) is 32.9 Å². The number of benzene rings is 1. The molecule has 0 heterocycles. The molecule has 0 aliphatic heterocycles. The van der Waals surface area contributed by atoms with Gasteiger partial charge in [-0.1, -0.05) is 30.7 Å². The van der Waals surface area contributed by atoms with Gasteiger partial charge < -0.3 is 5.32 Å². The molecule has 0 unspecified atom stereocenters. The van der Waals surface area contributed by atoms with Gasteiger partial charge in [0.05, 0.1) is 0 Å². The minimum atomic E-state index is 0.742. The third kappa shape index (κ3) is 2.28. The Morgan fingerprint density at radius 2 is 2.21 bits per heavy atom. The van der Waals surface area contributed by atoms with Gasteiger partial charge in [-0.3, -0.25) is 0 Å². The standard InChI is InChI=1S/C12H16ClN/c1-8-5-10(3-4-11(8)13)7-14-12-6-9(12)2/h3-5,9,12,14H,6-7H2,1-2H3/t9-,12-/m1/s1. The van der Waals surface area contributed by atoms with Crippen LogP contribution in [-0.4, -0.2) is 6.04 Å². The first-order valence-electron chi connectivity index (χ1n) is 5.15. The summed E-state index contributed by atoms with van der Waals surface area (Å²) in [5.74, 6) is 0.864. The molecule has 0 bridgehead atoms. The van der Waals surface area contributed by atoms with E-state index in [9.17, 15) is 0 Å². The molecule has 76 valence electrons. The van der Waals surface area contributed by atoms with E-state index >= 15 is 0 Å². The molecule has 1 N–H and O–H groups in total. The fourth-order valence-corrected chi connectivity index (χ4v) is 1.79. The van der Waals surface area contributed by atoms with Crippen molar-refractivity contribution in [1.82, 2.24) is 5.32 Å². The van der Waals surface area contributed by atoms with Crippen LogP contribution in [-0.2, 0) is 6.54 Å². The van der Waals surface area contributed by atoms with Crippen LogP contribution < -0.4 is 5.32 Å². The van der Waals surface area contributed by atoms with Crippen molar-refractivity contribution in [3.63, 3.8) is 0 Å². The van der Waals surface area contributed by atoms with E-state index in [2.05, 4.69) is 24.4 Å². The lowest BCUT2D eigenvalue weighted by Crippen LogP contribution is -2.16. The lowest BCUT2D eigenvalue weighted by atomic mass is 10.1. The predicted molar refractivity (Wildman–Crippen MR) is 60.6 cm³/mol. The summed E-state index contributed by atoms with van der Waals surface area (Å²) in [6.45, 7) is 5.30. The molecule has 0 radical (unpaired) electrons. The van der Waals surface area contributed by atoms with Crippen LogP contribution in [0.15, 0.2) is 18.2 Å². The summed E-state index contributed by atoms with van der Waals surface area (Å²) in [5, 5.41) is 4.38.